The van der Waals surface area contributed by atoms with Gasteiger partial charge in [-0.15, -0.1) is 0 Å². The van der Waals surface area contributed by atoms with Crippen molar-refractivity contribution in [2.75, 3.05) is 12.4 Å². The van der Waals surface area contributed by atoms with Crippen LogP contribution in [0, 0.1) is 11.8 Å². The first kappa shape index (κ1) is 13.9. The maximum atomic E-state index is 10.7. The second-order valence-corrected chi connectivity index (χ2v) is 6.86. The smallest absolute Gasteiger partial charge is 0.209 e. The molecule has 0 bridgehead atoms. The fourth-order valence-corrected chi connectivity index (χ4v) is 3.04. The fourth-order valence-electron chi connectivity index (χ4n) is 2.52. The zero-order valence-corrected chi connectivity index (χ0v) is 11.0. The van der Waals surface area contributed by atoms with Gasteiger partial charge in [0.1, 0.15) is 0 Å². The summed E-state index contributed by atoms with van der Waals surface area (Å²) in [5.74, 6) is 1.45. The number of sulfonamides is 1. The summed E-state index contributed by atoms with van der Waals surface area (Å²) in [5, 5.41) is 4.92. The Labute approximate surface area is 98.6 Å². The number of nitrogens with two attached hydrogens (primary N) is 1. The Morgan fingerprint density at radius 3 is 2.25 bits per heavy atom. The van der Waals surface area contributed by atoms with E-state index in [1.165, 1.54) is 6.42 Å². The number of hydrogen-bond acceptors (Lipinski definition) is 3. The average Bonchev–Trinajstić information content (AvgIpc) is 2.09. The summed E-state index contributed by atoms with van der Waals surface area (Å²) in [4.78, 5) is 0. The van der Waals surface area contributed by atoms with Crippen molar-refractivity contribution in [3.63, 3.8) is 0 Å². The molecule has 0 heterocycles. The van der Waals surface area contributed by atoms with Crippen LogP contribution in [0.1, 0.15) is 39.5 Å². The fraction of sp³-hybridized carbons (Fsp3) is 1.00. The zero-order valence-electron chi connectivity index (χ0n) is 10.2. The minimum Gasteiger partial charge on any atom is -0.378 e. The largest absolute Gasteiger partial charge is 0.378 e. The lowest BCUT2D eigenvalue weighted by atomic mass is 9.82. The number of hydrogen-bond donors (Lipinski definition) is 1. The standard InChI is InChI=1S/C11H23NO3S/c1-9-6-10(2)8-11(7-9)15-4-3-5-16(12,13)14/h9-11H,3-8H2,1-2H3,(H2,12,13,14). The van der Waals surface area contributed by atoms with Crippen molar-refractivity contribution in [1.29, 1.82) is 0 Å². The average molecular weight is 249 g/mol. The zero-order chi connectivity index (χ0) is 12.2. The summed E-state index contributed by atoms with van der Waals surface area (Å²) in [6.45, 7) is 4.99. The first-order valence-electron chi connectivity index (χ1n) is 5.99. The third-order valence-electron chi connectivity index (χ3n) is 3.06. The molecular formula is C11H23NO3S. The van der Waals surface area contributed by atoms with Crippen molar-refractivity contribution < 1.29 is 13.2 Å². The van der Waals surface area contributed by atoms with Crippen LogP contribution in [0.15, 0.2) is 0 Å². The van der Waals surface area contributed by atoms with E-state index in [2.05, 4.69) is 13.8 Å². The van der Waals surface area contributed by atoms with Gasteiger partial charge in [0.25, 0.3) is 0 Å². The Hall–Kier alpha value is -0.130. The summed E-state index contributed by atoms with van der Waals surface area (Å²) in [7, 11) is -3.33. The molecule has 5 heteroatoms. The lowest BCUT2D eigenvalue weighted by Gasteiger charge is -2.31. The quantitative estimate of drug-likeness (QED) is 0.751. The molecule has 0 aliphatic heterocycles. The predicted molar refractivity (Wildman–Crippen MR) is 64.5 cm³/mol. The summed E-state index contributed by atoms with van der Waals surface area (Å²) in [6.07, 6.45) is 4.27. The molecule has 96 valence electrons. The van der Waals surface area contributed by atoms with Crippen molar-refractivity contribution in [1.82, 2.24) is 0 Å². The second kappa shape index (κ2) is 5.98. The van der Waals surface area contributed by atoms with Gasteiger partial charge in [0.2, 0.25) is 10.0 Å². The third kappa shape index (κ3) is 5.82. The molecule has 0 radical (unpaired) electrons. The number of ether oxygens (including phenoxy) is 1. The summed E-state index contributed by atoms with van der Waals surface area (Å²) in [5.41, 5.74) is 0. The molecule has 0 saturated heterocycles. The van der Waals surface area contributed by atoms with E-state index < -0.39 is 10.0 Å². The van der Waals surface area contributed by atoms with Crippen LogP contribution in [0.5, 0.6) is 0 Å². The summed E-state index contributed by atoms with van der Waals surface area (Å²) < 4.78 is 27.1. The van der Waals surface area contributed by atoms with Crippen molar-refractivity contribution in [2.24, 2.45) is 17.0 Å². The Morgan fingerprint density at radius 2 is 1.75 bits per heavy atom. The first-order valence-corrected chi connectivity index (χ1v) is 7.70. The molecule has 0 aromatic rings. The lowest BCUT2D eigenvalue weighted by Crippen LogP contribution is -2.27. The van der Waals surface area contributed by atoms with Crippen molar-refractivity contribution >= 4 is 10.0 Å². The highest BCUT2D eigenvalue weighted by Crippen LogP contribution is 2.30. The molecule has 1 rings (SSSR count). The van der Waals surface area contributed by atoms with Crippen LogP contribution in [0.25, 0.3) is 0 Å². The van der Waals surface area contributed by atoms with Crippen LogP contribution in [-0.2, 0) is 14.8 Å². The van der Waals surface area contributed by atoms with Gasteiger partial charge in [-0.25, -0.2) is 13.6 Å². The Balaban J connectivity index is 2.17. The van der Waals surface area contributed by atoms with Gasteiger partial charge in [0, 0.05) is 6.61 Å². The minimum absolute atomic E-state index is 0.0187. The van der Waals surface area contributed by atoms with Crippen LogP contribution in [0.2, 0.25) is 0 Å². The van der Waals surface area contributed by atoms with E-state index in [0.717, 1.165) is 12.8 Å². The Bertz CT molecular complexity index is 292. The molecule has 0 aromatic carbocycles. The van der Waals surface area contributed by atoms with Crippen molar-refractivity contribution in [3.05, 3.63) is 0 Å². The van der Waals surface area contributed by atoms with E-state index in [4.69, 9.17) is 9.88 Å². The molecule has 1 aliphatic carbocycles. The van der Waals surface area contributed by atoms with Gasteiger partial charge in [-0.1, -0.05) is 13.8 Å². The second-order valence-electron chi connectivity index (χ2n) is 5.13. The van der Waals surface area contributed by atoms with E-state index in [1.807, 2.05) is 0 Å². The maximum Gasteiger partial charge on any atom is 0.209 e. The lowest BCUT2D eigenvalue weighted by molar-refractivity contribution is 0.00162. The highest BCUT2D eigenvalue weighted by atomic mass is 32.2. The van der Waals surface area contributed by atoms with Gasteiger partial charge in [0.15, 0.2) is 0 Å². The van der Waals surface area contributed by atoms with Crippen molar-refractivity contribution in [2.45, 2.75) is 45.6 Å². The third-order valence-corrected chi connectivity index (χ3v) is 3.92. The number of primary sulfonamides is 1. The molecule has 1 saturated carbocycles. The van der Waals surface area contributed by atoms with Crippen molar-refractivity contribution in [3.8, 4) is 0 Å². The van der Waals surface area contributed by atoms with Crippen LogP contribution < -0.4 is 5.14 Å². The molecule has 2 atom stereocenters. The SMILES string of the molecule is CC1CC(C)CC(OCCCS(N)(=O)=O)C1. The van der Waals surface area contributed by atoms with Crippen LogP contribution >= 0.6 is 0 Å². The monoisotopic (exact) mass is 249 g/mol. The molecule has 0 aromatic heterocycles. The van der Waals surface area contributed by atoms with Gasteiger partial charge < -0.3 is 4.74 Å². The molecule has 2 N–H and O–H groups in total. The van der Waals surface area contributed by atoms with Gasteiger partial charge >= 0.3 is 0 Å². The number of rotatable bonds is 5. The molecular weight excluding hydrogens is 226 g/mol. The molecule has 16 heavy (non-hydrogen) atoms. The first-order chi connectivity index (χ1) is 7.37. The van der Waals surface area contributed by atoms with Crippen LogP contribution in [-0.4, -0.2) is 26.9 Å². The Morgan fingerprint density at radius 1 is 1.19 bits per heavy atom. The minimum atomic E-state index is -3.33. The van der Waals surface area contributed by atoms with Gasteiger partial charge in [-0.3, -0.25) is 0 Å². The van der Waals surface area contributed by atoms with E-state index in [1.54, 1.807) is 0 Å². The maximum absolute atomic E-state index is 10.7. The molecule has 1 fully saturated rings. The van der Waals surface area contributed by atoms with Gasteiger partial charge in [0.05, 0.1) is 11.9 Å². The molecule has 0 spiro atoms. The van der Waals surface area contributed by atoms with E-state index in [-0.39, 0.29) is 5.75 Å². The van der Waals surface area contributed by atoms with E-state index in [0.29, 0.717) is 31.0 Å². The molecule has 0 amide bonds. The van der Waals surface area contributed by atoms with E-state index in [9.17, 15) is 8.42 Å². The topological polar surface area (TPSA) is 69.4 Å². The predicted octanol–water partition coefficient (Wildman–Crippen LogP) is 1.51. The molecule has 2 unspecified atom stereocenters. The summed E-state index contributed by atoms with van der Waals surface area (Å²) in [6, 6.07) is 0. The molecule has 4 nitrogen and oxygen atoms in total. The van der Waals surface area contributed by atoms with Crippen LogP contribution in [0.3, 0.4) is 0 Å². The highest BCUT2D eigenvalue weighted by Gasteiger charge is 2.24. The van der Waals surface area contributed by atoms with Gasteiger partial charge in [-0.05, 0) is 37.5 Å². The van der Waals surface area contributed by atoms with E-state index >= 15 is 0 Å². The normalized spacial score (nSPS) is 31.6. The van der Waals surface area contributed by atoms with Crippen LogP contribution in [0.4, 0.5) is 0 Å². The summed E-state index contributed by atoms with van der Waals surface area (Å²) >= 11 is 0. The Kier molecular flexibility index (Phi) is 5.21. The highest BCUT2D eigenvalue weighted by molar-refractivity contribution is 7.89. The molecule has 1 aliphatic rings. The van der Waals surface area contributed by atoms with Gasteiger partial charge in [-0.2, -0.15) is 0 Å².